The second kappa shape index (κ2) is 3.65. The van der Waals surface area contributed by atoms with Gasteiger partial charge >= 0.3 is 0 Å². The summed E-state index contributed by atoms with van der Waals surface area (Å²) in [7, 11) is 0. The van der Waals surface area contributed by atoms with Gasteiger partial charge in [-0.05, 0) is 24.3 Å². The third-order valence-corrected chi connectivity index (χ3v) is 1.96. The van der Waals surface area contributed by atoms with Crippen LogP contribution in [0.3, 0.4) is 0 Å². The van der Waals surface area contributed by atoms with E-state index >= 15 is 0 Å². The summed E-state index contributed by atoms with van der Waals surface area (Å²) in [6, 6.07) is 4.14. The second-order valence-corrected chi connectivity index (χ2v) is 2.97. The number of ketones is 1. The van der Waals surface area contributed by atoms with Crippen molar-refractivity contribution in [3.05, 3.63) is 59.6 Å². The Morgan fingerprint density at radius 2 is 2.00 bits per heavy atom. The fourth-order valence-electron chi connectivity index (χ4n) is 1.22. The zero-order chi connectivity index (χ0) is 10.8. The highest BCUT2D eigenvalue weighted by Crippen LogP contribution is 2.15. The average Bonchev–Trinajstić information content (AvgIpc) is 2.74. The maximum absolute atomic E-state index is 13.2. The molecule has 0 spiro atoms. The first-order valence-electron chi connectivity index (χ1n) is 4.20. The molecule has 0 saturated carbocycles. The number of carbonyl (C=O) groups is 1. The minimum atomic E-state index is -0.748. The van der Waals surface area contributed by atoms with E-state index in [1.54, 1.807) is 0 Å². The van der Waals surface area contributed by atoms with E-state index in [0.29, 0.717) is 0 Å². The minimum absolute atomic E-state index is 0.194. The number of furan rings is 1. The van der Waals surface area contributed by atoms with Crippen LogP contribution in [-0.4, -0.2) is 5.78 Å². The molecular formula is C11H6F2O2. The number of rotatable bonds is 2. The van der Waals surface area contributed by atoms with E-state index in [1.807, 2.05) is 0 Å². The summed E-state index contributed by atoms with van der Waals surface area (Å²) in [6.45, 7) is 0. The van der Waals surface area contributed by atoms with Gasteiger partial charge in [0.2, 0.25) is 0 Å². The smallest absolute Gasteiger partial charge is 0.199 e. The van der Waals surface area contributed by atoms with Crippen LogP contribution in [0, 0.1) is 11.6 Å². The zero-order valence-corrected chi connectivity index (χ0v) is 7.54. The Kier molecular flexibility index (Phi) is 2.33. The lowest BCUT2D eigenvalue weighted by Crippen LogP contribution is -2.03. The average molecular weight is 208 g/mol. The summed E-state index contributed by atoms with van der Waals surface area (Å²) in [5.41, 5.74) is -0.101. The summed E-state index contributed by atoms with van der Waals surface area (Å²) in [4.78, 5) is 11.6. The Morgan fingerprint density at radius 1 is 1.20 bits per heavy atom. The molecule has 76 valence electrons. The molecule has 1 aromatic carbocycles. The fraction of sp³-hybridized carbons (Fsp3) is 0. The minimum Gasteiger partial charge on any atom is -0.472 e. The highest BCUT2D eigenvalue weighted by Gasteiger charge is 2.15. The lowest BCUT2D eigenvalue weighted by atomic mass is 10.1. The van der Waals surface area contributed by atoms with Crippen LogP contribution in [0.1, 0.15) is 15.9 Å². The highest BCUT2D eigenvalue weighted by atomic mass is 19.1. The lowest BCUT2D eigenvalue weighted by Gasteiger charge is -1.99. The van der Waals surface area contributed by atoms with Crippen molar-refractivity contribution in [2.45, 2.75) is 0 Å². The van der Waals surface area contributed by atoms with Crippen molar-refractivity contribution < 1.29 is 18.0 Å². The normalized spacial score (nSPS) is 10.3. The molecule has 0 aliphatic carbocycles. The predicted octanol–water partition coefficient (Wildman–Crippen LogP) is 2.79. The second-order valence-electron chi connectivity index (χ2n) is 2.97. The molecule has 1 aromatic heterocycles. The largest absolute Gasteiger partial charge is 0.472 e. The highest BCUT2D eigenvalue weighted by molar-refractivity contribution is 6.08. The Hall–Kier alpha value is -1.97. The number of halogens is 2. The SMILES string of the molecule is O=C(c1ccoc1)c1cc(F)ccc1F. The number of benzene rings is 1. The molecule has 0 amide bonds. The Balaban J connectivity index is 2.46. The van der Waals surface area contributed by atoms with Crippen LogP contribution >= 0.6 is 0 Å². The third kappa shape index (κ3) is 1.79. The summed E-state index contributed by atoms with van der Waals surface area (Å²) in [5.74, 6) is -1.99. The topological polar surface area (TPSA) is 30.2 Å². The van der Waals surface area contributed by atoms with E-state index in [1.165, 1.54) is 18.6 Å². The van der Waals surface area contributed by atoms with Gasteiger partial charge in [0.15, 0.2) is 5.78 Å². The Morgan fingerprint density at radius 3 is 2.67 bits per heavy atom. The maximum atomic E-state index is 13.2. The Bertz CT molecular complexity index is 489. The molecule has 2 aromatic rings. The molecule has 15 heavy (non-hydrogen) atoms. The third-order valence-electron chi connectivity index (χ3n) is 1.96. The molecule has 0 radical (unpaired) electrons. The van der Waals surface area contributed by atoms with Gasteiger partial charge in [-0.15, -0.1) is 0 Å². The molecule has 2 rings (SSSR count). The van der Waals surface area contributed by atoms with Crippen molar-refractivity contribution in [1.29, 1.82) is 0 Å². The molecule has 0 fully saturated rings. The van der Waals surface area contributed by atoms with Gasteiger partial charge in [-0.3, -0.25) is 4.79 Å². The molecule has 2 nitrogen and oxygen atoms in total. The standard InChI is InChI=1S/C11H6F2O2/c12-8-1-2-10(13)9(5-8)11(14)7-3-4-15-6-7/h1-6H. The van der Waals surface area contributed by atoms with Crippen molar-refractivity contribution in [2.75, 3.05) is 0 Å². The fourth-order valence-corrected chi connectivity index (χ4v) is 1.22. The van der Waals surface area contributed by atoms with E-state index in [0.717, 1.165) is 18.2 Å². The summed E-state index contributed by atoms with van der Waals surface area (Å²) in [5, 5.41) is 0. The number of hydrogen-bond acceptors (Lipinski definition) is 2. The van der Waals surface area contributed by atoms with E-state index in [-0.39, 0.29) is 11.1 Å². The molecule has 0 aliphatic rings. The van der Waals surface area contributed by atoms with Crippen molar-refractivity contribution in [3.8, 4) is 0 Å². The van der Waals surface area contributed by atoms with Gasteiger partial charge < -0.3 is 4.42 Å². The first kappa shape index (κ1) is 9.58. The number of hydrogen-bond donors (Lipinski definition) is 0. The molecule has 0 aliphatic heterocycles. The van der Waals surface area contributed by atoms with Crippen LogP contribution in [-0.2, 0) is 0 Å². The number of carbonyl (C=O) groups excluding carboxylic acids is 1. The van der Waals surface area contributed by atoms with Gasteiger partial charge in [-0.1, -0.05) is 0 Å². The van der Waals surface area contributed by atoms with Crippen molar-refractivity contribution in [2.24, 2.45) is 0 Å². The van der Waals surface area contributed by atoms with Crippen LogP contribution in [0.5, 0.6) is 0 Å². The van der Waals surface area contributed by atoms with Gasteiger partial charge in [-0.2, -0.15) is 0 Å². The quantitative estimate of drug-likeness (QED) is 0.710. The maximum Gasteiger partial charge on any atom is 0.199 e. The van der Waals surface area contributed by atoms with Crippen LogP contribution in [0.25, 0.3) is 0 Å². The first-order chi connectivity index (χ1) is 7.18. The van der Waals surface area contributed by atoms with Gasteiger partial charge in [0.05, 0.1) is 17.4 Å². The molecule has 1 heterocycles. The van der Waals surface area contributed by atoms with E-state index in [4.69, 9.17) is 4.42 Å². The monoisotopic (exact) mass is 208 g/mol. The predicted molar refractivity (Wildman–Crippen MR) is 48.5 cm³/mol. The summed E-state index contributed by atoms with van der Waals surface area (Å²) >= 11 is 0. The van der Waals surface area contributed by atoms with E-state index in [2.05, 4.69) is 0 Å². The van der Waals surface area contributed by atoms with Gasteiger partial charge in [-0.25, -0.2) is 8.78 Å². The molecule has 0 atom stereocenters. The van der Waals surface area contributed by atoms with Gasteiger partial charge in [0.1, 0.15) is 17.9 Å². The summed E-state index contributed by atoms with van der Waals surface area (Å²) < 4.78 is 30.7. The van der Waals surface area contributed by atoms with Crippen molar-refractivity contribution in [3.63, 3.8) is 0 Å². The lowest BCUT2D eigenvalue weighted by molar-refractivity contribution is 0.103. The Labute approximate surface area is 84.1 Å². The molecular weight excluding hydrogens is 202 g/mol. The first-order valence-corrected chi connectivity index (χ1v) is 4.20. The molecule has 0 unspecified atom stereocenters. The van der Waals surface area contributed by atoms with Crippen LogP contribution in [0.4, 0.5) is 8.78 Å². The molecule has 0 bridgehead atoms. The van der Waals surface area contributed by atoms with E-state index in [9.17, 15) is 13.6 Å². The summed E-state index contributed by atoms with van der Waals surface area (Å²) in [6.07, 6.45) is 2.48. The molecule has 0 N–H and O–H groups in total. The molecule has 4 heteroatoms. The van der Waals surface area contributed by atoms with Crippen LogP contribution in [0.15, 0.2) is 41.2 Å². The van der Waals surface area contributed by atoms with Gasteiger partial charge in [0, 0.05) is 0 Å². The van der Waals surface area contributed by atoms with E-state index < -0.39 is 17.4 Å². The van der Waals surface area contributed by atoms with Crippen LogP contribution in [0.2, 0.25) is 0 Å². The molecule has 0 saturated heterocycles. The van der Waals surface area contributed by atoms with Gasteiger partial charge in [0.25, 0.3) is 0 Å². The van der Waals surface area contributed by atoms with Crippen molar-refractivity contribution in [1.82, 2.24) is 0 Å². The van der Waals surface area contributed by atoms with Crippen molar-refractivity contribution >= 4 is 5.78 Å². The zero-order valence-electron chi connectivity index (χ0n) is 7.54. The van der Waals surface area contributed by atoms with Crippen LogP contribution < -0.4 is 0 Å².